The molecule has 1 N–H and O–H groups in total. The van der Waals surface area contributed by atoms with Crippen molar-refractivity contribution in [3.63, 3.8) is 0 Å². The number of nitrogens with one attached hydrogen (secondary N) is 1. The molecule has 3 rings (SSSR count). The maximum absolute atomic E-state index is 5.50. The van der Waals surface area contributed by atoms with E-state index in [1.807, 2.05) is 11.3 Å². The lowest BCUT2D eigenvalue weighted by Gasteiger charge is -2.32. The Morgan fingerprint density at radius 1 is 1.54 bits per heavy atom. The first kappa shape index (κ1) is 21.9. The Balaban J connectivity index is 0.00000243. The van der Waals surface area contributed by atoms with Crippen LogP contribution in [-0.4, -0.2) is 68.2 Å². The predicted molar refractivity (Wildman–Crippen MR) is 121 cm³/mol. The first-order chi connectivity index (χ1) is 12.2. The second-order valence-corrected chi connectivity index (χ2v) is 8.24. The number of nitrogens with zero attached hydrogens (tertiary/aromatic N) is 3. The number of thiophene rings is 1. The van der Waals surface area contributed by atoms with E-state index in [9.17, 15) is 0 Å². The van der Waals surface area contributed by atoms with Crippen molar-refractivity contribution in [1.82, 2.24) is 15.1 Å². The topological polar surface area (TPSA) is 40.1 Å². The third-order valence-electron chi connectivity index (χ3n) is 5.22. The van der Waals surface area contributed by atoms with Crippen LogP contribution in [-0.2, 0) is 17.7 Å². The molecule has 2 atom stereocenters. The number of guanidine groups is 1. The van der Waals surface area contributed by atoms with E-state index < -0.39 is 0 Å². The molecular formula is C19H33IN4OS. The minimum atomic E-state index is 0. The van der Waals surface area contributed by atoms with Crippen molar-refractivity contribution < 1.29 is 4.74 Å². The summed E-state index contributed by atoms with van der Waals surface area (Å²) in [4.78, 5) is 11.3. The van der Waals surface area contributed by atoms with E-state index in [4.69, 9.17) is 9.73 Å². The van der Waals surface area contributed by atoms with Gasteiger partial charge in [-0.2, -0.15) is 0 Å². The van der Waals surface area contributed by atoms with Crippen LogP contribution in [0.15, 0.2) is 16.4 Å². The maximum atomic E-state index is 5.50. The molecule has 26 heavy (non-hydrogen) atoms. The highest BCUT2D eigenvalue weighted by molar-refractivity contribution is 14.0. The van der Waals surface area contributed by atoms with E-state index in [0.29, 0.717) is 12.0 Å². The number of hydrogen-bond donors (Lipinski definition) is 1. The largest absolute Gasteiger partial charge is 0.381 e. The number of rotatable bonds is 6. The summed E-state index contributed by atoms with van der Waals surface area (Å²) >= 11 is 1.90. The molecule has 3 heterocycles. The molecule has 5 nitrogen and oxygen atoms in total. The predicted octanol–water partition coefficient (Wildman–Crippen LogP) is 3.05. The van der Waals surface area contributed by atoms with Crippen molar-refractivity contribution in [1.29, 1.82) is 0 Å². The van der Waals surface area contributed by atoms with Gasteiger partial charge in [0.25, 0.3) is 0 Å². The normalized spacial score (nSPS) is 21.8. The fraction of sp³-hybridized carbons (Fsp3) is 0.737. The van der Waals surface area contributed by atoms with E-state index in [1.165, 1.54) is 12.0 Å². The molecule has 1 aromatic rings. The summed E-state index contributed by atoms with van der Waals surface area (Å²) in [6.45, 7) is 11.2. The van der Waals surface area contributed by atoms with Crippen LogP contribution in [0.5, 0.6) is 0 Å². The Morgan fingerprint density at radius 2 is 2.38 bits per heavy atom. The molecule has 0 spiro atoms. The Bertz CT molecular complexity index is 574. The van der Waals surface area contributed by atoms with Gasteiger partial charge in [0, 0.05) is 56.7 Å². The zero-order valence-corrected chi connectivity index (χ0v) is 19.4. The molecule has 0 bridgehead atoms. The first-order valence-electron chi connectivity index (χ1n) is 9.53. The Labute approximate surface area is 179 Å². The molecular weight excluding hydrogens is 459 g/mol. The summed E-state index contributed by atoms with van der Waals surface area (Å²) in [5, 5.41) is 5.67. The molecule has 0 saturated carbocycles. The molecule has 0 aromatic carbocycles. The molecule has 0 radical (unpaired) electrons. The minimum Gasteiger partial charge on any atom is -0.381 e. The Hall–Kier alpha value is -0.380. The van der Waals surface area contributed by atoms with Crippen LogP contribution in [0.4, 0.5) is 0 Å². The average Bonchev–Trinajstić information content (AvgIpc) is 3.28. The lowest BCUT2D eigenvalue weighted by molar-refractivity contribution is 0.181. The van der Waals surface area contributed by atoms with Crippen molar-refractivity contribution in [2.45, 2.75) is 39.3 Å². The van der Waals surface area contributed by atoms with Gasteiger partial charge in [-0.3, -0.25) is 9.89 Å². The monoisotopic (exact) mass is 492 g/mol. The van der Waals surface area contributed by atoms with Crippen LogP contribution in [0, 0.1) is 5.92 Å². The molecule has 1 fully saturated rings. The van der Waals surface area contributed by atoms with E-state index in [1.54, 1.807) is 4.88 Å². The number of hydrogen-bond acceptors (Lipinski definition) is 4. The van der Waals surface area contributed by atoms with Crippen molar-refractivity contribution in [2.24, 2.45) is 10.9 Å². The van der Waals surface area contributed by atoms with Gasteiger partial charge in [0.2, 0.25) is 0 Å². The standard InChI is InChI=1S/C19H32N4OS.HI/c1-4-20-19(22(3)12-16-6-9-24-14-16)21-11-15(2)23-8-5-18-17(13-23)7-10-25-18;/h7,10,15-16H,4-6,8-9,11-14H2,1-3H3,(H,20,21);1H. The van der Waals surface area contributed by atoms with Gasteiger partial charge in [-0.05, 0) is 43.7 Å². The Morgan fingerprint density at radius 3 is 3.12 bits per heavy atom. The zero-order valence-electron chi connectivity index (χ0n) is 16.2. The molecule has 2 aliphatic rings. The second kappa shape index (κ2) is 10.8. The average molecular weight is 492 g/mol. The van der Waals surface area contributed by atoms with Gasteiger partial charge < -0.3 is 15.0 Å². The lowest BCUT2D eigenvalue weighted by Crippen LogP contribution is -2.43. The van der Waals surface area contributed by atoms with Gasteiger partial charge in [0.05, 0.1) is 13.2 Å². The van der Waals surface area contributed by atoms with Gasteiger partial charge >= 0.3 is 0 Å². The van der Waals surface area contributed by atoms with Crippen molar-refractivity contribution in [2.75, 3.05) is 46.4 Å². The summed E-state index contributed by atoms with van der Waals surface area (Å²) in [6, 6.07) is 2.74. The van der Waals surface area contributed by atoms with Crippen LogP contribution < -0.4 is 5.32 Å². The molecule has 1 saturated heterocycles. The summed E-state index contributed by atoms with van der Waals surface area (Å²) < 4.78 is 5.50. The van der Waals surface area contributed by atoms with Crippen molar-refractivity contribution in [3.8, 4) is 0 Å². The maximum Gasteiger partial charge on any atom is 0.193 e. The van der Waals surface area contributed by atoms with Gasteiger partial charge in [-0.15, -0.1) is 35.3 Å². The third-order valence-corrected chi connectivity index (χ3v) is 6.24. The van der Waals surface area contributed by atoms with Gasteiger partial charge in [-0.25, -0.2) is 0 Å². The van der Waals surface area contributed by atoms with E-state index in [2.05, 4.69) is 47.5 Å². The molecule has 0 aliphatic carbocycles. The SMILES string of the molecule is CCNC(=NCC(C)N1CCc2sccc2C1)N(C)CC1CCOC1.I. The number of ether oxygens (including phenoxy) is 1. The van der Waals surface area contributed by atoms with E-state index in [0.717, 1.165) is 58.3 Å². The fourth-order valence-corrected chi connectivity index (χ4v) is 4.54. The summed E-state index contributed by atoms with van der Waals surface area (Å²) in [5.74, 6) is 1.65. The number of fused-ring (bicyclic) bond motifs is 1. The molecule has 0 amide bonds. The van der Waals surface area contributed by atoms with Crippen molar-refractivity contribution >= 4 is 41.3 Å². The van der Waals surface area contributed by atoms with Crippen LogP contribution in [0.1, 0.15) is 30.7 Å². The number of aliphatic imine (C=N–C) groups is 1. The second-order valence-electron chi connectivity index (χ2n) is 7.24. The lowest BCUT2D eigenvalue weighted by atomic mass is 10.1. The van der Waals surface area contributed by atoms with Gasteiger partial charge in [-0.1, -0.05) is 0 Å². The van der Waals surface area contributed by atoms with E-state index in [-0.39, 0.29) is 24.0 Å². The molecule has 2 aliphatic heterocycles. The summed E-state index contributed by atoms with van der Waals surface area (Å²) in [7, 11) is 2.14. The Kier molecular flexibility index (Phi) is 9.12. The summed E-state index contributed by atoms with van der Waals surface area (Å²) in [5.41, 5.74) is 1.51. The number of halogens is 1. The highest BCUT2D eigenvalue weighted by atomic mass is 127. The zero-order chi connectivity index (χ0) is 17.6. The van der Waals surface area contributed by atoms with Crippen LogP contribution in [0.2, 0.25) is 0 Å². The van der Waals surface area contributed by atoms with Crippen LogP contribution in [0.3, 0.4) is 0 Å². The quantitative estimate of drug-likeness (QED) is 0.377. The third kappa shape index (κ3) is 5.81. The summed E-state index contributed by atoms with van der Waals surface area (Å²) in [6.07, 6.45) is 2.35. The van der Waals surface area contributed by atoms with Gasteiger partial charge in [0.1, 0.15) is 0 Å². The molecule has 148 valence electrons. The highest BCUT2D eigenvalue weighted by Crippen LogP contribution is 2.25. The molecule has 1 aromatic heterocycles. The van der Waals surface area contributed by atoms with Crippen LogP contribution in [0.25, 0.3) is 0 Å². The highest BCUT2D eigenvalue weighted by Gasteiger charge is 2.22. The smallest absolute Gasteiger partial charge is 0.193 e. The van der Waals surface area contributed by atoms with Gasteiger partial charge in [0.15, 0.2) is 5.96 Å². The van der Waals surface area contributed by atoms with Crippen LogP contribution >= 0.6 is 35.3 Å². The first-order valence-corrected chi connectivity index (χ1v) is 10.4. The van der Waals surface area contributed by atoms with E-state index >= 15 is 0 Å². The fourth-order valence-electron chi connectivity index (χ4n) is 3.65. The molecule has 2 unspecified atom stereocenters. The molecule has 7 heteroatoms. The minimum absolute atomic E-state index is 0. The van der Waals surface area contributed by atoms with Crippen molar-refractivity contribution in [3.05, 3.63) is 21.9 Å².